The van der Waals surface area contributed by atoms with Crippen LogP contribution in [0.1, 0.15) is 18.4 Å². The van der Waals surface area contributed by atoms with E-state index >= 15 is 0 Å². The summed E-state index contributed by atoms with van der Waals surface area (Å²) in [7, 11) is 1.81. The van der Waals surface area contributed by atoms with Gasteiger partial charge in [-0.05, 0) is 31.1 Å². The molecule has 2 rings (SSSR count). The summed E-state index contributed by atoms with van der Waals surface area (Å²) in [6.07, 6.45) is 6.55. The van der Waals surface area contributed by atoms with Gasteiger partial charge in [0.1, 0.15) is 5.82 Å². The minimum Gasteiger partial charge on any atom is -0.397 e. The standard InChI is InChI=1S/C16H24N6O/c1-3-16(23)21-8-4-5-13(10-21)22(18)11-14(17)12-6-7-15(19-2)20-9-12/h3,6-7,9,11,13H,1,4-5,8,10,17-18H2,2H3,(H,19,20)/b14-11-. The third-order valence-corrected chi connectivity index (χ3v) is 3.95. The molecular weight excluding hydrogens is 292 g/mol. The van der Waals surface area contributed by atoms with Crippen LogP contribution in [-0.2, 0) is 4.79 Å². The molecule has 1 aliphatic heterocycles. The van der Waals surface area contributed by atoms with Crippen molar-refractivity contribution in [3.8, 4) is 0 Å². The predicted octanol–water partition coefficient (Wildman–Crippen LogP) is 0.733. The molecular formula is C16H24N6O. The Bertz CT molecular complexity index is 583. The number of carbonyl (C=O) groups is 1. The normalized spacial score (nSPS) is 18.4. The number of carbonyl (C=O) groups excluding carboxylic acids is 1. The van der Waals surface area contributed by atoms with Gasteiger partial charge in [-0.3, -0.25) is 4.79 Å². The molecule has 0 spiro atoms. The molecule has 1 atom stereocenters. The number of rotatable bonds is 5. The molecule has 124 valence electrons. The number of aromatic nitrogens is 1. The minimum atomic E-state index is -0.0631. The van der Waals surface area contributed by atoms with Crippen LogP contribution in [0.4, 0.5) is 5.82 Å². The quantitative estimate of drug-likeness (QED) is 0.421. The zero-order valence-corrected chi connectivity index (χ0v) is 13.4. The van der Waals surface area contributed by atoms with Crippen LogP contribution in [0.25, 0.3) is 5.70 Å². The summed E-state index contributed by atoms with van der Waals surface area (Å²) in [4.78, 5) is 17.7. The summed E-state index contributed by atoms with van der Waals surface area (Å²) in [6.45, 7) is 4.84. The van der Waals surface area contributed by atoms with E-state index in [4.69, 9.17) is 11.6 Å². The van der Waals surface area contributed by atoms with Gasteiger partial charge in [0.05, 0.1) is 11.7 Å². The van der Waals surface area contributed by atoms with E-state index in [9.17, 15) is 4.79 Å². The van der Waals surface area contributed by atoms with Crippen molar-refractivity contribution in [2.45, 2.75) is 18.9 Å². The van der Waals surface area contributed by atoms with Gasteiger partial charge in [-0.2, -0.15) is 0 Å². The number of likely N-dealkylation sites (tertiary alicyclic amines) is 1. The van der Waals surface area contributed by atoms with E-state index in [0.29, 0.717) is 12.2 Å². The van der Waals surface area contributed by atoms with Crippen molar-refractivity contribution in [3.05, 3.63) is 42.7 Å². The Kier molecular flexibility index (Phi) is 5.59. The maximum absolute atomic E-state index is 11.7. The van der Waals surface area contributed by atoms with Gasteiger partial charge < -0.3 is 21.0 Å². The monoisotopic (exact) mass is 316 g/mol. The zero-order valence-electron chi connectivity index (χ0n) is 13.4. The van der Waals surface area contributed by atoms with E-state index in [1.54, 1.807) is 22.3 Å². The van der Waals surface area contributed by atoms with Gasteiger partial charge in [-0.15, -0.1) is 0 Å². The van der Waals surface area contributed by atoms with Crippen LogP contribution in [0.3, 0.4) is 0 Å². The first-order valence-corrected chi connectivity index (χ1v) is 7.61. The summed E-state index contributed by atoms with van der Waals surface area (Å²) in [5.41, 5.74) is 7.43. The number of hydrogen-bond acceptors (Lipinski definition) is 6. The average molecular weight is 316 g/mol. The Labute approximate surface area is 136 Å². The highest BCUT2D eigenvalue weighted by Crippen LogP contribution is 2.17. The summed E-state index contributed by atoms with van der Waals surface area (Å²) < 4.78 is 0. The lowest BCUT2D eigenvalue weighted by molar-refractivity contribution is -0.127. The first-order chi connectivity index (χ1) is 11.0. The van der Waals surface area contributed by atoms with Crippen LogP contribution in [0.5, 0.6) is 0 Å². The molecule has 23 heavy (non-hydrogen) atoms. The topological polar surface area (TPSA) is 101 Å². The lowest BCUT2D eigenvalue weighted by Gasteiger charge is -2.36. The third-order valence-electron chi connectivity index (χ3n) is 3.95. The molecule has 1 aromatic heterocycles. The van der Waals surface area contributed by atoms with Gasteiger partial charge in [0.25, 0.3) is 0 Å². The van der Waals surface area contributed by atoms with Crippen LogP contribution in [0.2, 0.25) is 0 Å². The predicted molar refractivity (Wildman–Crippen MR) is 91.8 cm³/mol. The lowest BCUT2D eigenvalue weighted by atomic mass is 10.1. The van der Waals surface area contributed by atoms with E-state index in [0.717, 1.165) is 30.8 Å². The lowest BCUT2D eigenvalue weighted by Crippen LogP contribution is -2.50. The number of amides is 1. The maximum atomic E-state index is 11.7. The molecule has 0 bridgehead atoms. The minimum absolute atomic E-state index is 0.0377. The Balaban J connectivity index is 2.04. The van der Waals surface area contributed by atoms with E-state index in [1.165, 1.54) is 6.08 Å². The van der Waals surface area contributed by atoms with Crippen LogP contribution >= 0.6 is 0 Å². The van der Waals surface area contributed by atoms with Crippen LogP contribution in [0, 0.1) is 0 Å². The molecule has 1 fully saturated rings. The molecule has 0 radical (unpaired) electrons. The second-order valence-electron chi connectivity index (χ2n) is 5.50. The molecule has 1 aromatic rings. The van der Waals surface area contributed by atoms with Gasteiger partial charge in [0.2, 0.25) is 5.91 Å². The van der Waals surface area contributed by atoms with Gasteiger partial charge >= 0.3 is 0 Å². The highest BCUT2D eigenvalue weighted by Gasteiger charge is 2.24. The third kappa shape index (κ3) is 4.23. The molecule has 0 aromatic carbocycles. The molecule has 5 N–H and O–H groups in total. The van der Waals surface area contributed by atoms with E-state index in [-0.39, 0.29) is 11.9 Å². The second kappa shape index (κ2) is 7.64. The number of piperidine rings is 1. The molecule has 1 amide bonds. The highest BCUT2D eigenvalue weighted by molar-refractivity contribution is 5.87. The fraction of sp³-hybridized carbons (Fsp3) is 0.375. The fourth-order valence-electron chi connectivity index (χ4n) is 2.58. The number of hydrogen-bond donors (Lipinski definition) is 3. The molecule has 1 saturated heterocycles. The Morgan fingerprint density at radius 1 is 1.57 bits per heavy atom. The van der Waals surface area contributed by atoms with Crippen molar-refractivity contribution in [1.82, 2.24) is 14.9 Å². The van der Waals surface area contributed by atoms with Crippen molar-refractivity contribution in [3.63, 3.8) is 0 Å². The van der Waals surface area contributed by atoms with E-state index in [2.05, 4.69) is 16.9 Å². The van der Waals surface area contributed by atoms with Gasteiger partial charge in [-0.1, -0.05) is 6.58 Å². The molecule has 2 heterocycles. The Morgan fingerprint density at radius 3 is 2.96 bits per heavy atom. The fourth-order valence-corrected chi connectivity index (χ4v) is 2.58. The van der Waals surface area contributed by atoms with Crippen LogP contribution in [-0.4, -0.2) is 47.0 Å². The van der Waals surface area contributed by atoms with E-state index < -0.39 is 0 Å². The highest BCUT2D eigenvalue weighted by atomic mass is 16.2. The number of anilines is 1. The van der Waals surface area contributed by atoms with Crippen molar-refractivity contribution < 1.29 is 4.79 Å². The first-order valence-electron chi connectivity index (χ1n) is 7.61. The Hall–Kier alpha value is -2.54. The van der Waals surface area contributed by atoms with Gasteiger partial charge in [0.15, 0.2) is 0 Å². The Morgan fingerprint density at radius 2 is 2.35 bits per heavy atom. The molecule has 0 aliphatic carbocycles. The number of hydrazine groups is 1. The second-order valence-corrected chi connectivity index (χ2v) is 5.50. The van der Waals surface area contributed by atoms with Crippen molar-refractivity contribution >= 4 is 17.4 Å². The zero-order chi connectivity index (χ0) is 16.8. The maximum Gasteiger partial charge on any atom is 0.246 e. The SMILES string of the molecule is C=CC(=O)N1CCCC(N(N)/C=C(\N)c2ccc(NC)nc2)C1. The number of nitrogens with two attached hydrogens (primary N) is 2. The van der Waals surface area contributed by atoms with Crippen molar-refractivity contribution in [2.75, 3.05) is 25.5 Å². The largest absolute Gasteiger partial charge is 0.397 e. The van der Waals surface area contributed by atoms with Crippen molar-refractivity contribution in [1.29, 1.82) is 0 Å². The molecule has 0 saturated carbocycles. The average Bonchev–Trinajstić information content (AvgIpc) is 2.61. The summed E-state index contributed by atoms with van der Waals surface area (Å²) in [5.74, 6) is 6.84. The summed E-state index contributed by atoms with van der Waals surface area (Å²) in [6, 6.07) is 3.77. The molecule has 1 aliphatic rings. The van der Waals surface area contributed by atoms with E-state index in [1.807, 2.05) is 19.2 Å². The van der Waals surface area contributed by atoms with Crippen LogP contribution < -0.4 is 16.9 Å². The number of pyridine rings is 1. The molecule has 7 nitrogen and oxygen atoms in total. The molecule has 7 heteroatoms. The van der Waals surface area contributed by atoms with Gasteiger partial charge in [-0.25, -0.2) is 10.8 Å². The first kappa shape index (κ1) is 16.8. The van der Waals surface area contributed by atoms with Gasteiger partial charge in [0, 0.05) is 38.1 Å². The van der Waals surface area contributed by atoms with Crippen LogP contribution in [0.15, 0.2) is 37.2 Å². The number of nitrogens with one attached hydrogen (secondary N) is 1. The molecule has 1 unspecified atom stereocenters. The van der Waals surface area contributed by atoms with Crippen molar-refractivity contribution in [2.24, 2.45) is 11.6 Å². The summed E-state index contributed by atoms with van der Waals surface area (Å²) in [5, 5.41) is 4.54. The number of nitrogens with zero attached hydrogens (tertiary/aromatic N) is 3. The summed E-state index contributed by atoms with van der Waals surface area (Å²) >= 11 is 0. The smallest absolute Gasteiger partial charge is 0.246 e.